The quantitative estimate of drug-likeness (QED) is 0.738. The van der Waals surface area contributed by atoms with Crippen LogP contribution in [0.3, 0.4) is 0 Å². The maximum Gasteiger partial charge on any atom is 0.244 e. The number of hydrogen-bond donors (Lipinski definition) is 0. The van der Waals surface area contributed by atoms with Gasteiger partial charge in [0.2, 0.25) is 10.0 Å². The summed E-state index contributed by atoms with van der Waals surface area (Å²) in [7, 11) is -3.42. The number of hydrogen-bond acceptors (Lipinski definition) is 2. The van der Waals surface area contributed by atoms with Crippen LogP contribution in [0.2, 0.25) is 0 Å². The molecule has 1 saturated heterocycles. The molecule has 1 aliphatic rings. The summed E-state index contributed by atoms with van der Waals surface area (Å²) in [6.45, 7) is 4.77. The van der Waals surface area contributed by atoms with Crippen molar-refractivity contribution < 1.29 is 8.42 Å². The predicted molar refractivity (Wildman–Crippen MR) is 83.6 cm³/mol. The summed E-state index contributed by atoms with van der Waals surface area (Å²) in [5.41, 5.74) is 0. The lowest BCUT2D eigenvalue weighted by atomic mass is 9.95. The Morgan fingerprint density at radius 2 is 1.95 bits per heavy atom. The van der Waals surface area contributed by atoms with Gasteiger partial charge in [-0.2, -0.15) is 4.31 Å². The third kappa shape index (κ3) is 3.23. The molecule has 106 valence electrons. The van der Waals surface area contributed by atoms with E-state index in [4.69, 9.17) is 0 Å². The van der Waals surface area contributed by atoms with Crippen LogP contribution in [0.15, 0.2) is 32.0 Å². The fourth-order valence-corrected chi connectivity index (χ4v) is 5.92. The van der Waals surface area contributed by atoms with Crippen LogP contribution in [0.5, 0.6) is 0 Å². The predicted octanol–water partition coefficient (Wildman–Crippen LogP) is 4.02. The maximum atomic E-state index is 12.7. The molecule has 2 unspecified atom stereocenters. The fraction of sp³-hybridized carbons (Fsp3) is 0.538. The minimum Gasteiger partial charge on any atom is -0.207 e. The van der Waals surface area contributed by atoms with Crippen molar-refractivity contribution in [3.63, 3.8) is 0 Å². The Kier molecular flexibility index (Phi) is 4.75. The molecule has 0 spiro atoms. The van der Waals surface area contributed by atoms with E-state index in [1.807, 2.05) is 6.92 Å². The highest BCUT2D eigenvalue weighted by Crippen LogP contribution is 2.32. The highest BCUT2D eigenvalue weighted by atomic mass is 79.9. The Morgan fingerprint density at radius 3 is 2.53 bits per heavy atom. The molecule has 0 aliphatic carbocycles. The molecule has 0 saturated carbocycles. The van der Waals surface area contributed by atoms with E-state index in [-0.39, 0.29) is 6.04 Å². The van der Waals surface area contributed by atoms with Crippen molar-refractivity contribution in [2.24, 2.45) is 5.92 Å². The van der Waals surface area contributed by atoms with E-state index in [1.165, 1.54) is 0 Å². The smallest absolute Gasteiger partial charge is 0.207 e. The van der Waals surface area contributed by atoms with Crippen LogP contribution in [0.25, 0.3) is 0 Å². The molecule has 3 nitrogen and oxygen atoms in total. The highest BCUT2D eigenvalue weighted by Gasteiger charge is 2.34. The first kappa shape index (κ1) is 15.5. The molecular weight excluding hydrogens is 394 g/mol. The Labute approximate surface area is 131 Å². The molecule has 1 aromatic carbocycles. The van der Waals surface area contributed by atoms with Gasteiger partial charge in [-0.05, 0) is 59.8 Å². The monoisotopic (exact) mass is 409 g/mol. The van der Waals surface area contributed by atoms with Gasteiger partial charge >= 0.3 is 0 Å². The molecule has 0 amide bonds. The molecule has 1 heterocycles. The van der Waals surface area contributed by atoms with Crippen LogP contribution in [0.4, 0.5) is 0 Å². The summed E-state index contributed by atoms with van der Waals surface area (Å²) in [4.78, 5) is 0.345. The number of piperidine rings is 1. The van der Waals surface area contributed by atoms with Crippen LogP contribution in [-0.4, -0.2) is 25.3 Å². The lowest BCUT2D eigenvalue weighted by Crippen LogP contribution is -2.44. The Morgan fingerprint density at radius 1 is 1.26 bits per heavy atom. The third-order valence-corrected chi connectivity index (χ3v) is 7.04. The maximum absolute atomic E-state index is 12.7. The summed E-state index contributed by atoms with van der Waals surface area (Å²) < 4.78 is 28.5. The van der Waals surface area contributed by atoms with Crippen LogP contribution in [-0.2, 0) is 10.0 Å². The van der Waals surface area contributed by atoms with Crippen LogP contribution in [0.1, 0.15) is 26.7 Å². The second kappa shape index (κ2) is 5.84. The first-order valence-corrected chi connectivity index (χ1v) is 9.32. The minimum absolute atomic E-state index is 0.0595. The van der Waals surface area contributed by atoms with E-state index < -0.39 is 10.0 Å². The van der Waals surface area contributed by atoms with Gasteiger partial charge < -0.3 is 0 Å². The lowest BCUT2D eigenvalue weighted by molar-refractivity contribution is 0.220. The molecule has 1 aromatic rings. The normalized spacial score (nSPS) is 25.5. The van der Waals surface area contributed by atoms with E-state index in [0.29, 0.717) is 21.8 Å². The summed E-state index contributed by atoms with van der Waals surface area (Å²) in [6.07, 6.45) is 1.85. The molecule has 0 N–H and O–H groups in total. The van der Waals surface area contributed by atoms with Crippen LogP contribution >= 0.6 is 31.9 Å². The molecule has 2 rings (SSSR count). The Balaban J connectivity index is 2.37. The molecular formula is C13H17Br2NO2S. The lowest BCUT2D eigenvalue weighted by Gasteiger charge is -2.35. The second-order valence-electron chi connectivity index (χ2n) is 5.17. The summed E-state index contributed by atoms with van der Waals surface area (Å²) >= 11 is 6.69. The van der Waals surface area contributed by atoms with Gasteiger partial charge in [0.1, 0.15) is 0 Å². The van der Waals surface area contributed by atoms with E-state index in [1.54, 1.807) is 22.5 Å². The average Bonchev–Trinajstić information content (AvgIpc) is 2.27. The average molecular weight is 411 g/mol. The van der Waals surface area contributed by atoms with Crippen molar-refractivity contribution >= 4 is 41.9 Å². The molecule has 6 heteroatoms. The Bertz CT molecular complexity index is 574. The van der Waals surface area contributed by atoms with Gasteiger partial charge in [-0.25, -0.2) is 8.42 Å². The van der Waals surface area contributed by atoms with Crippen molar-refractivity contribution in [3.05, 3.63) is 27.1 Å². The third-order valence-electron chi connectivity index (χ3n) is 3.56. The number of rotatable bonds is 2. The van der Waals surface area contributed by atoms with E-state index in [9.17, 15) is 8.42 Å². The van der Waals surface area contributed by atoms with Gasteiger partial charge in [0.25, 0.3) is 0 Å². The standard InChI is InChI=1S/C13H17Br2NO2S/c1-9-5-6-16(10(2)7-9)19(17,18)13-4-3-11(14)8-12(13)15/h3-4,8-10H,5-7H2,1-2H3. The zero-order valence-corrected chi connectivity index (χ0v) is 14.9. The van der Waals surface area contributed by atoms with Crippen LogP contribution < -0.4 is 0 Å². The van der Waals surface area contributed by atoms with Crippen molar-refractivity contribution in [1.82, 2.24) is 4.31 Å². The van der Waals surface area contributed by atoms with Gasteiger partial charge in [0, 0.05) is 21.5 Å². The van der Waals surface area contributed by atoms with Crippen molar-refractivity contribution in [1.29, 1.82) is 0 Å². The zero-order valence-electron chi connectivity index (χ0n) is 10.9. The number of sulfonamides is 1. The largest absolute Gasteiger partial charge is 0.244 e. The molecule has 1 aliphatic heterocycles. The van der Waals surface area contributed by atoms with Gasteiger partial charge in [-0.1, -0.05) is 22.9 Å². The summed E-state index contributed by atoms with van der Waals surface area (Å²) in [5, 5.41) is 0. The number of halogens is 2. The fourth-order valence-electron chi connectivity index (χ4n) is 2.55. The minimum atomic E-state index is -3.42. The van der Waals surface area contributed by atoms with Crippen molar-refractivity contribution in [2.45, 2.75) is 37.6 Å². The first-order chi connectivity index (χ1) is 8.82. The van der Waals surface area contributed by atoms with Gasteiger partial charge in [0.15, 0.2) is 0 Å². The molecule has 0 bridgehead atoms. The molecule has 2 atom stereocenters. The second-order valence-corrected chi connectivity index (χ2v) is 8.80. The molecule has 0 aromatic heterocycles. The topological polar surface area (TPSA) is 37.4 Å². The van der Waals surface area contributed by atoms with E-state index >= 15 is 0 Å². The Hall–Kier alpha value is 0.0900. The SMILES string of the molecule is CC1CCN(S(=O)(=O)c2ccc(Br)cc2Br)C(C)C1. The van der Waals surface area contributed by atoms with Crippen LogP contribution in [0, 0.1) is 5.92 Å². The molecule has 0 radical (unpaired) electrons. The zero-order chi connectivity index (χ0) is 14.2. The molecule has 1 fully saturated rings. The van der Waals surface area contributed by atoms with Crippen molar-refractivity contribution in [2.75, 3.05) is 6.54 Å². The highest BCUT2D eigenvalue weighted by molar-refractivity contribution is 9.11. The number of benzene rings is 1. The summed E-state index contributed by atoms with van der Waals surface area (Å²) in [5.74, 6) is 0.592. The van der Waals surface area contributed by atoms with E-state index in [0.717, 1.165) is 17.3 Å². The van der Waals surface area contributed by atoms with E-state index in [2.05, 4.69) is 38.8 Å². The summed E-state index contributed by atoms with van der Waals surface area (Å²) in [6, 6.07) is 5.23. The van der Waals surface area contributed by atoms with Gasteiger partial charge in [0.05, 0.1) is 4.90 Å². The van der Waals surface area contributed by atoms with Gasteiger partial charge in [-0.3, -0.25) is 0 Å². The number of nitrogens with zero attached hydrogens (tertiary/aromatic N) is 1. The van der Waals surface area contributed by atoms with Gasteiger partial charge in [-0.15, -0.1) is 0 Å². The van der Waals surface area contributed by atoms with Crippen molar-refractivity contribution in [3.8, 4) is 0 Å². The first-order valence-electron chi connectivity index (χ1n) is 6.29. The molecule has 19 heavy (non-hydrogen) atoms.